The summed E-state index contributed by atoms with van der Waals surface area (Å²) in [6.45, 7) is -1.84. The van der Waals surface area contributed by atoms with Gasteiger partial charge in [-0.25, -0.2) is 0 Å². The predicted octanol–water partition coefficient (Wildman–Crippen LogP) is 6.40. The smallest absolute Gasteiger partial charge is 0.387 e. The summed E-state index contributed by atoms with van der Waals surface area (Å²) in [6, 6.07) is 7.27. The Kier molecular flexibility index (Phi) is 7.30. The van der Waals surface area contributed by atoms with E-state index in [0.29, 0.717) is 5.92 Å². The molecule has 146 valence electrons. The van der Waals surface area contributed by atoms with Gasteiger partial charge in [0.2, 0.25) is 0 Å². The quantitative estimate of drug-likeness (QED) is 0.555. The summed E-state index contributed by atoms with van der Waals surface area (Å²) in [4.78, 5) is 0. The summed E-state index contributed by atoms with van der Waals surface area (Å²) in [7, 11) is 1.80. The standard InChI is InChI=1S/C22H32F2O2/c1-25-15-14-16-2-4-17(5-3-16)18-6-8-19(9-7-18)20-10-12-21(13-11-20)26-22(23)24/h10-13,16-19,22H,2-9,14-15H2,1H3. The van der Waals surface area contributed by atoms with E-state index >= 15 is 0 Å². The first-order chi connectivity index (χ1) is 12.7. The van der Waals surface area contributed by atoms with Gasteiger partial charge in [-0.3, -0.25) is 0 Å². The molecular formula is C22H32F2O2. The second-order valence-electron chi connectivity index (χ2n) is 8.12. The van der Waals surface area contributed by atoms with Crippen LogP contribution in [-0.4, -0.2) is 20.3 Å². The molecule has 0 aromatic heterocycles. The second-order valence-corrected chi connectivity index (χ2v) is 8.12. The highest BCUT2D eigenvalue weighted by Gasteiger charge is 2.31. The van der Waals surface area contributed by atoms with E-state index in [1.807, 2.05) is 12.1 Å². The van der Waals surface area contributed by atoms with Crippen molar-refractivity contribution in [2.75, 3.05) is 13.7 Å². The van der Waals surface area contributed by atoms with Gasteiger partial charge in [-0.15, -0.1) is 0 Å². The molecule has 4 heteroatoms. The maximum Gasteiger partial charge on any atom is 0.387 e. The zero-order valence-corrected chi connectivity index (χ0v) is 15.8. The molecule has 2 aliphatic carbocycles. The van der Waals surface area contributed by atoms with Crippen molar-refractivity contribution in [3.63, 3.8) is 0 Å². The average Bonchev–Trinajstić information content (AvgIpc) is 2.67. The molecule has 0 N–H and O–H groups in total. The highest BCUT2D eigenvalue weighted by Crippen LogP contribution is 2.44. The van der Waals surface area contributed by atoms with Crippen LogP contribution >= 0.6 is 0 Å². The van der Waals surface area contributed by atoms with Crippen molar-refractivity contribution >= 4 is 0 Å². The van der Waals surface area contributed by atoms with Crippen LogP contribution in [0.2, 0.25) is 0 Å². The largest absolute Gasteiger partial charge is 0.435 e. The lowest BCUT2D eigenvalue weighted by atomic mass is 9.68. The Balaban J connectivity index is 1.43. The first-order valence-electron chi connectivity index (χ1n) is 10.2. The van der Waals surface area contributed by atoms with Crippen LogP contribution in [0.15, 0.2) is 24.3 Å². The molecule has 0 unspecified atom stereocenters. The number of alkyl halides is 2. The van der Waals surface area contributed by atoms with Gasteiger partial charge in [0, 0.05) is 13.7 Å². The van der Waals surface area contributed by atoms with E-state index in [-0.39, 0.29) is 5.75 Å². The first kappa shape index (κ1) is 19.6. The van der Waals surface area contributed by atoms with Crippen LogP contribution in [0.25, 0.3) is 0 Å². The highest BCUT2D eigenvalue weighted by atomic mass is 19.3. The number of ether oxygens (including phenoxy) is 2. The fraction of sp³-hybridized carbons (Fsp3) is 0.727. The summed E-state index contributed by atoms with van der Waals surface area (Å²) in [5.41, 5.74) is 1.27. The Bertz CT molecular complexity index is 515. The molecule has 1 aromatic rings. The summed E-state index contributed by atoms with van der Waals surface area (Å²) in [6.07, 6.45) is 11.8. The van der Waals surface area contributed by atoms with Gasteiger partial charge in [0.15, 0.2) is 0 Å². The van der Waals surface area contributed by atoms with Crippen LogP contribution in [0.4, 0.5) is 8.78 Å². The zero-order valence-electron chi connectivity index (χ0n) is 15.8. The van der Waals surface area contributed by atoms with Crippen molar-refractivity contribution < 1.29 is 18.3 Å². The van der Waals surface area contributed by atoms with Gasteiger partial charge in [0.05, 0.1) is 0 Å². The molecule has 0 amide bonds. The molecule has 0 atom stereocenters. The third kappa shape index (κ3) is 5.42. The Morgan fingerprint density at radius 2 is 1.46 bits per heavy atom. The third-order valence-corrected chi connectivity index (χ3v) is 6.64. The molecule has 0 spiro atoms. The average molecular weight is 366 g/mol. The third-order valence-electron chi connectivity index (χ3n) is 6.64. The molecule has 0 heterocycles. The van der Waals surface area contributed by atoms with E-state index in [0.717, 1.165) is 24.4 Å². The van der Waals surface area contributed by atoms with Gasteiger partial charge in [0.1, 0.15) is 5.75 Å². The summed E-state index contributed by atoms with van der Waals surface area (Å²) in [5, 5.41) is 0. The Morgan fingerprint density at radius 1 is 0.885 bits per heavy atom. The normalized spacial score (nSPS) is 29.7. The highest BCUT2D eigenvalue weighted by molar-refractivity contribution is 5.29. The minimum atomic E-state index is -2.75. The molecule has 2 fully saturated rings. The van der Waals surface area contributed by atoms with Crippen molar-refractivity contribution in [2.24, 2.45) is 17.8 Å². The van der Waals surface area contributed by atoms with Gasteiger partial charge in [-0.05, 0) is 86.3 Å². The maximum atomic E-state index is 12.3. The molecule has 0 bridgehead atoms. The van der Waals surface area contributed by atoms with Gasteiger partial charge >= 0.3 is 6.61 Å². The molecule has 2 nitrogen and oxygen atoms in total. The van der Waals surface area contributed by atoms with Gasteiger partial charge < -0.3 is 9.47 Å². The van der Waals surface area contributed by atoms with E-state index in [2.05, 4.69) is 4.74 Å². The van der Waals surface area contributed by atoms with Crippen LogP contribution in [0, 0.1) is 17.8 Å². The van der Waals surface area contributed by atoms with E-state index in [4.69, 9.17) is 4.74 Å². The summed E-state index contributed by atoms with van der Waals surface area (Å²) in [5.74, 6) is 3.50. The number of rotatable bonds is 7. The van der Waals surface area contributed by atoms with Crippen molar-refractivity contribution in [1.82, 2.24) is 0 Å². The number of benzene rings is 1. The van der Waals surface area contributed by atoms with E-state index in [1.165, 1.54) is 63.4 Å². The Labute approximate surface area is 156 Å². The molecule has 0 aliphatic heterocycles. The minimum absolute atomic E-state index is 0.252. The van der Waals surface area contributed by atoms with Gasteiger partial charge in [-0.1, -0.05) is 25.0 Å². The van der Waals surface area contributed by atoms with Crippen molar-refractivity contribution in [3.8, 4) is 5.75 Å². The molecule has 2 saturated carbocycles. The van der Waals surface area contributed by atoms with Crippen LogP contribution in [-0.2, 0) is 4.74 Å². The number of methoxy groups -OCH3 is 1. The summed E-state index contributed by atoms with van der Waals surface area (Å²) < 4.78 is 34.2. The topological polar surface area (TPSA) is 18.5 Å². The predicted molar refractivity (Wildman–Crippen MR) is 99.7 cm³/mol. The van der Waals surface area contributed by atoms with Crippen molar-refractivity contribution in [1.29, 1.82) is 0 Å². The minimum Gasteiger partial charge on any atom is -0.435 e. The van der Waals surface area contributed by atoms with E-state index in [9.17, 15) is 8.78 Å². The molecule has 3 rings (SSSR count). The maximum absolute atomic E-state index is 12.3. The SMILES string of the molecule is COCCC1CCC(C2CCC(c3ccc(OC(F)F)cc3)CC2)CC1. The van der Waals surface area contributed by atoms with E-state index in [1.54, 1.807) is 19.2 Å². The van der Waals surface area contributed by atoms with Crippen LogP contribution < -0.4 is 4.74 Å². The number of hydrogen-bond donors (Lipinski definition) is 0. The van der Waals surface area contributed by atoms with Crippen LogP contribution in [0.1, 0.15) is 69.3 Å². The van der Waals surface area contributed by atoms with E-state index < -0.39 is 6.61 Å². The summed E-state index contributed by atoms with van der Waals surface area (Å²) >= 11 is 0. The lowest BCUT2D eigenvalue weighted by Gasteiger charge is -2.38. The Hall–Kier alpha value is -1.16. The molecular weight excluding hydrogens is 334 g/mol. The van der Waals surface area contributed by atoms with Crippen LogP contribution in [0.5, 0.6) is 5.75 Å². The Morgan fingerprint density at radius 3 is 2.00 bits per heavy atom. The van der Waals surface area contributed by atoms with Gasteiger partial charge in [0.25, 0.3) is 0 Å². The first-order valence-corrected chi connectivity index (χ1v) is 10.2. The zero-order chi connectivity index (χ0) is 18.4. The van der Waals surface area contributed by atoms with Crippen LogP contribution in [0.3, 0.4) is 0 Å². The number of hydrogen-bond acceptors (Lipinski definition) is 2. The molecule has 0 saturated heterocycles. The fourth-order valence-corrected chi connectivity index (χ4v) is 5.08. The lowest BCUT2D eigenvalue weighted by Crippen LogP contribution is -2.25. The monoisotopic (exact) mass is 366 g/mol. The van der Waals surface area contributed by atoms with Crippen molar-refractivity contribution in [3.05, 3.63) is 29.8 Å². The second kappa shape index (κ2) is 9.68. The number of halogens is 2. The van der Waals surface area contributed by atoms with Gasteiger partial charge in [-0.2, -0.15) is 8.78 Å². The molecule has 26 heavy (non-hydrogen) atoms. The lowest BCUT2D eigenvalue weighted by molar-refractivity contribution is -0.0498. The van der Waals surface area contributed by atoms with Crippen molar-refractivity contribution in [2.45, 2.75) is 70.3 Å². The fourth-order valence-electron chi connectivity index (χ4n) is 5.08. The molecule has 0 radical (unpaired) electrons. The molecule has 1 aromatic carbocycles. The molecule has 2 aliphatic rings.